The van der Waals surface area contributed by atoms with Gasteiger partial charge in [-0.15, -0.1) is 0 Å². The third-order valence-electron chi connectivity index (χ3n) is 9.86. The number of hydrogen-bond acceptors (Lipinski definition) is 9. The van der Waals surface area contributed by atoms with E-state index < -0.39 is 13.7 Å². The van der Waals surface area contributed by atoms with Crippen LogP contribution in [0, 0.1) is 0 Å². The number of fused-ring (bicyclic) bond motifs is 1. The molecule has 3 saturated heterocycles. The molecule has 0 bridgehead atoms. The van der Waals surface area contributed by atoms with Crippen LogP contribution >= 0.6 is 0 Å². The van der Waals surface area contributed by atoms with Gasteiger partial charge in [0, 0.05) is 78.8 Å². The smallest absolute Gasteiger partial charge is 0.410 e. The van der Waals surface area contributed by atoms with Gasteiger partial charge in [-0.05, 0) is 63.4 Å². The quantitative estimate of drug-likeness (QED) is 0.216. The number of piperidine rings is 1. The van der Waals surface area contributed by atoms with Crippen LogP contribution in [0.3, 0.4) is 0 Å². The largest absolute Gasteiger partial charge is 0.444 e. The Kier molecular flexibility index (Phi) is 11.5. The number of rotatable bonds is 9. The molecule has 6 rings (SSSR count). The van der Waals surface area contributed by atoms with Crippen molar-refractivity contribution >= 4 is 42.7 Å². The summed E-state index contributed by atoms with van der Waals surface area (Å²) in [7, 11) is -1.23. The highest BCUT2D eigenvalue weighted by molar-refractivity contribution is 6.76. The standard InChI is InChI=1S/C37H56N8O5Si/c1-37(2,3)50-36(47)44-13-11-30(12-14-44)41-15-17-43(18-16-41)35(46)40-29-9-7-28(8-10-29)32-25-31-33(42-19-21-48-22-20-42)38-26-39-34(31)45(32)27-49-23-24-51(4,5)6/h7-10,25-26,30H,11-24,27H2,1-6H3,(H,40,46). The van der Waals surface area contributed by atoms with Crippen LogP contribution in [0.4, 0.5) is 21.1 Å². The van der Waals surface area contributed by atoms with Crippen LogP contribution in [0.25, 0.3) is 22.3 Å². The number of piperazine rings is 1. The molecular formula is C37H56N8O5Si. The van der Waals surface area contributed by atoms with Gasteiger partial charge >= 0.3 is 12.1 Å². The highest BCUT2D eigenvalue weighted by Gasteiger charge is 2.32. The van der Waals surface area contributed by atoms with Crippen LogP contribution in [-0.2, 0) is 20.9 Å². The van der Waals surface area contributed by atoms with Crippen LogP contribution in [0.5, 0.6) is 0 Å². The van der Waals surface area contributed by atoms with Gasteiger partial charge in [0.2, 0.25) is 0 Å². The second-order valence-corrected chi connectivity index (χ2v) is 21.7. The molecular weight excluding hydrogens is 665 g/mol. The molecule has 3 fully saturated rings. The number of nitrogens with zero attached hydrogens (tertiary/aromatic N) is 7. The summed E-state index contributed by atoms with van der Waals surface area (Å²) in [6.07, 6.45) is 3.25. The van der Waals surface area contributed by atoms with Gasteiger partial charge in [-0.2, -0.15) is 0 Å². The maximum Gasteiger partial charge on any atom is 0.410 e. The van der Waals surface area contributed by atoms with E-state index >= 15 is 0 Å². The summed E-state index contributed by atoms with van der Waals surface area (Å²) in [5.41, 5.74) is 3.13. The molecule has 3 aliphatic rings. The predicted molar refractivity (Wildman–Crippen MR) is 203 cm³/mol. The Morgan fingerprint density at radius 3 is 2.25 bits per heavy atom. The number of hydrogen-bond donors (Lipinski definition) is 1. The van der Waals surface area contributed by atoms with Crippen molar-refractivity contribution in [3.8, 4) is 11.3 Å². The molecule has 51 heavy (non-hydrogen) atoms. The molecule has 3 amide bonds. The Morgan fingerprint density at radius 1 is 0.922 bits per heavy atom. The highest BCUT2D eigenvalue weighted by atomic mass is 28.3. The molecule has 1 N–H and O–H groups in total. The number of urea groups is 1. The molecule has 2 aromatic heterocycles. The predicted octanol–water partition coefficient (Wildman–Crippen LogP) is 5.80. The van der Waals surface area contributed by atoms with E-state index in [2.05, 4.69) is 50.4 Å². The lowest BCUT2D eigenvalue weighted by molar-refractivity contribution is 0.0114. The number of anilines is 2. The highest BCUT2D eigenvalue weighted by Crippen LogP contribution is 2.33. The average Bonchev–Trinajstić information content (AvgIpc) is 3.48. The monoisotopic (exact) mass is 720 g/mol. The van der Waals surface area contributed by atoms with Crippen molar-refractivity contribution in [1.29, 1.82) is 0 Å². The van der Waals surface area contributed by atoms with Gasteiger partial charge in [0.15, 0.2) is 0 Å². The molecule has 3 aromatic rings. The molecule has 13 nitrogen and oxygen atoms in total. The van der Waals surface area contributed by atoms with Crippen molar-refractivity contribution in [2.24, 2.45) is 0 Å². The molecule has 0 radical (unpaired) electrons. The van der Waals surface area contributed by atoms with E-state index in [-0.39, 0.29) is 12.1 Å². The summed E-state index contributed by atoms with van der Waals surface area (Å²) in [6.45, 7) is 21.2. The van der Waals surface area contributed by atoms with E-state index in [1.54, 1.807) is 6.33 Å². The van der Waals surface area contributed by atoms with Gasteiger partial charge in [0.25, 0.3) is 0 Å². The van der Waals surface area contributed by atoms with E-state index in [9.17, 15) is 9.59 Å². The molecule has 0 saturated carbocycles. The molecule has 0 spiro atoms. The Morgan fingerprint density at radius 2 is 1.61 bits per heavy atom. The molecule has 0 unspecified atom stereocenters. The summed E-state index contributed by atoms with van der Waals surface area (Å²) in [5.74, 6) is 0.917. The normalized spacial score (nSPS) is 18.4. The van der Waals surface area contributed by atoms with Crippen molar-refractivity contribution in [2.45, 2.75) is 77.7 Å². The Hall–Kier alpha value is -3.72. The van der Waals surface area contributed by atoms with E-state index in [0.29, 0.717) is 58.8 Å². The van der Waals surface area contributed by atoms with Crippen LogP contribution < -0.4 is 10.2 Å². The lowest BCUT2D eigenvalue weighted by Gasteiger charge is -2.42. The van der Waals surface area contributed by atoms with Gasteiger partial charge in [-0.1, -0.05) is 31.8 Å². The molecule has 0 aliphatic carbocycles. The summed E-state index contributed by atoms with van der Waals surface area (Å²) in [4.78, 5) is 43.6. The topological polar surface area (TPSA) is 118 Å². The van der Waals surface area contributed by atoms with E-state index in [1.165, 1.54) is 0 Å². The number of aromatic nitrogens is 3. The van der Waals surface area contributed by atoms with Crippen LogP contribution in [0.2, 0.25) is 25.7 Å². The van der Waals surface area contributed by atoms with E-state index in [1.807, 2.05) is 54.8 Å². The van der Waals surface area contributed by atoms with Crippen molar-refractivity contribution < 1.29 is 23.8 Å². The number of ether oxygens (including phenoxy) is 3. The first-order valence-electron chi connectivity index (χ1n) is 18.5. The summed E-state index contributed by atoms with van der Waals surface area (Å²) in [6, 6.07) is 11.6. The minimum Gasteiger partial charge on any atom is -0.444 e. The molecule has 278 valence electrons. The molecule has 3 aliphatic heterocycles. The van der Waals surface area contributed by atoms with Gasteiger partial charge in [-0.25, -0.2) is 19.6 Å². The number of amides is 3. The van der Waals surface area contributed by atoms with Crippen LogP contribution in [0.1, 0.15) is 33.6 Å². The Balaban J connectivity index is 1.07. The van der Waals surface area contributed by atoms with Crippen LogP contribution in [-0.4, -0.2) is 133 Å². The number of benzene rings is 1. The summed E-state index contributed by atoms with van der Waals surface area (Å²) >= 11 is 0. The van der Waals surface area contributed by atoms with Gasteiger partial charge in [0.1, 0.15) is 30.1 Å². The lowest BCUT2D eigenvalue weighted by Crippen LogP contribution is -2.55. The van der Waals surface area contributed by atoms with Gasteiger partial charge in [0.05, 0.1) is 24.3 Å². The fourth-order valence-corrected chi connectivity index (χ4v) is 7.70. The number of carbonyl (C=O) groups excluding carboxylic acids is 2. The number of nitrogens with one attached hydrogen (secondary N) is 1. The summed E-state index contributed by atoms with van der Waals surface area (Å²) in [5, 5.41) is 4.11. The lowest BCUT2D eigenvalue weighted by atomic mass is 10.0. The van der Waals surface area contributed by atoms with Crippen molar-refractivity contribution in [1.82, 2.24) is 29.2 Å². The van der Waals surface area contributed by atoms with Gasteiger partial charge < -0.3 is 38.8 Å². The maximum absolute atomic E-state index is 13.3. The first-order valence-corrected chi connectivity index (χ1v) is 22.2. The number of carbonyl (C=O) groups is 2. The second kappa shape index (κ2) is 15.9. The zero-order valence-electron chi connectivity index (χ0n) is 31.3. The fraction of sp³-hybridized carbons (Fsp3) is 0.622. The van der Waals surface area contributed by atoms with E-state index in [0.717, 1.165) is 78.9 Å². The fourth-order valence-electron chi connectivity index (χ4n) is 6.94. The number of morpholine rings is 1. The first kappa shape index (κ1) is 37.0. The minimum absolute atomic E-state index is 0.0857. The molecule has 14 heteroatoms. The molecule has 1 aromatic carbocycles. The number of likely N-dealkylation sites (tertiary alicyclic amines) is 1. The zero-order chi connectivity index (χ0) is 36.2. The van der Waals surface area contributed by atoms with E-state index in [4.69, 9.17) is 19.2 Å². The Bertz CT molecular complexity index is 1630. The SMILES string of the molecule is CC(C)(C)OC(=O)N1CCC(N2CCN(C(=O)Nc3ccc(-c4cc5c(N6CCOCC6)ncnc5n4COCC[Si](C)(C)C)cc3)CC2)CC1. The van der Waals surface area contributed by atoms with Crippen molar-refractivity contribution in [3.63, 3.8) is 0 Å². The first-order chi connectivity index (χ1) is 24.3. The van der Waals surface area contributed by atoms with Crippen molar-refractivity contribution in [2.75, 3.05) is 82.4 Å². The van der Waals surface area contributed by atoms with Gasteiger partial charge in [-0.3, -0.25) is 4.90 Å². The van der Waals surface area contributed by atoms with Crippen LogP contribution in [0.15, 0.2) is 36.7 Å². The zero-order valence-corrected chi connectivity index (χ0v) is 32.3. The Labute approximate surface area is 303 Å². The molecule has 5 heterocycles. The third-order valence-corrected chi connectivity index (χ3v) is 11.6. The average molecular weight is 721 g/mol. The molecule has 0 atom stereocenters. The third kappa shape index (κ3) is 9.59. The maximum atomic E-state index is 13.3. The summed E-state index contributed by atoms with van der Waals surface area (Å²) < 4.78 is 19.5. The van der Waals surface area contributed by atoms with Crippen molar-refractivity contribution in [3.05, 3.63) is 36.7 Å². The second-order valence-electron chi connectivity index (χ2n) is 16.1. The minimum atomic E-state index is -1.23.